The zero-order chi connectivity index (χ0) is 26.3. The molecule has 3 aromatic heterocycles. The average Bonchev–Trinajstić information content (AvgIpc) is 3.47. The molecular weight excluding hydrogens is 493 g/mol. The molecule has 1 fully saturated rings. The minimum atomic E-state index is -0.900. The van der Waals surface area contributed by atoms with Crippen molar-refractivity contribution in [2.45, 2.75) is 13.3 Å². The summed E-state index contributed by atoms with van der Waals surface area (Å²) in [7, 11) is 3.93. The number of benzene rings is 1. The normalized spacial score (nSPS) is 13.7. The summed E-state index contributed by atoms with van der Waals surface area (Å²) in [6.45, 7) is 4.09. The van der Waals surface area contributed by atoms with E-state index in [2.05, 4.69) is 22.5 Å². The Morgan fingerprint density at radius 2 is 1.86 bits per heavy atom. The first kappa shape index (κ1) is 24.5. The van der Waals surface area contributed by atoms with Crippen LogP contribution in [0.5, 0.6) is 0 Å². The molecule has 0 atom stereocenters. The molecule has 0 aliphatic carbocycles. The Hall–Kier alpha value is -4.17. The van der Waals surface area contributed by atoms with Crippen LogP contribution in [0.3, 0.4) is 0 Å². The fourth-order valence-electron chi connectivity index (χ4n) is 4.81. The SMILES string of the molecule is CCc1c(N(C)c2nc(-c3ccc(F)cc3)c(C#N)s2)c2nc(N3CCN(C(=O)O)CC3)ccc2n1C. The number of fused-ring (bicyclic) bond motifs is 1. The van der Waals surface area contributed by atoms with Crippen molar-refractivity contribution in [3.8, 4) is 17.3 Å². The van der Waals surface area contributed by atoms with E-state index in [0.717, 1.165) is 34.7 Å². The Bertz CT molecular complexity index is 1510. The first-order valence-corrected chi connectivity index (χ1v) is 12.8. The number of aromatic nitrogens is 3. The van der Waals surface area contributed by atoms with Gasteiger partial charge in [0, 0.05) is 51.5 Å². The first-order chi connectivity index (χ1) is 17.8. The maximum absolute atomic E-state index is 13.5. The lowest BCUT2D eigenvalue weighted by molar-refractivity contribution is 0.142. The Balaban J connectivity index is 1.56. The summed E-state index contributed by atoms with van der Waals surface area (Å²) in [6, 6.07) is 12.2. The monoisotopic (exact) mass is 519 g/mol. The number of hydrogen-bond donors (Lipinski definition) is 1. The predicted octanol–water partition coefficient (Wildman–Crippen LogP) is 4.84. The Kier molecular flexibility index (Phi) is 6.43. The van der Waals surface area contributed by atoms with Gasteiger partial charge in [0.25, 0.3) is 0 Å². The number of carbonyl (C=O) groups is 1. The lowest BCUT2D eigenvalue weighted by Crippen LogP contribution is -2.48. The number of anilines is 3. The molecule has 1 aliphatic rings. The summed E-state index contributed by atoms with van der Waals surface area (Å²) in [5, 5.41) is 19.7. The molecular formula is C26H26FN7O2S. The molecule has 4 heterocycles. The minimum Gasteiger partial charge on any atom is -0.465 e. The van der Waals surface area contributed by atoms with Gasteiger partial charge in [0.15, 0.2) is 5.13 Å². The van der Waals surface area contributed by atoms with E-state index in [0.29, 0.717) is 47.4 Å². The summed E-state index contributed by atoms with van der Waals surface area (Å²) in [4.78, 5) is 27.0. The van der Waals surface area contributed by atoms with Crippen LogP contribution < -0.4 is 9.80 Å². The summed E-state index contributed by atoms with van der Waals surface area (Å²) >= 11 is 1.29. The van der Waals surface area contributed by atoms with Crippen LogP contribution >= 0.6 is 11.3 Å². The molecule has 0 radical (unpaired) electrons. The van der Waals surface area contributed by atoms with Crippen molar-refractivity contribution in [1.29, 1.82) is 5.26 Å². The minimum absolute atomic E-state index is 0.343. The number of piperazine rings is 1. The van der Waals surface area contributed by atoms with Gasteiger partial charge < -0.3 is 24.4 Å². The van der Waals surface area contributed by atoms with Gasteiger partial charge >= 0.3 is 6.09 Å². The van der Waals surface area contributed by atoms with E-state index in [4.69, 9.17) is 9.97 Å². The lowest BCUT2D eigenvalue weighted by atomic mass is 10.1. The molecule has 1 N–H and O–H groups in total. The largest absolute Gasteiger partial charge is 0.465 e. The number of hydrogen-bond acceptors (Lipinski definition) is 7. The number of nitriles is 1. The number of nitrogens with zero attached hydrogens (tertiary/aromatic N) is 7. The van der Waals surface area contributed by atoms with Crippen LogP contribution in [0, 0.1) is 17.1 Å². The Labute approximate surface area is 217 Å². The van der Waals surface area contributed by atoms with Crippen molar-refractivity contribution in [1.82, 2.24) is 19.4 Å². The van der Waals surface area contributed by atoms with Crippen LogP contribution in [0.15, 0.2) is 36.4 Å². The third-order valence-electron chi connectivity index (χ3n) is 6.79. The molecule has 1 aliphatic heterocycles. The Morgan fingerprint density at radius 1 is 1.16 bits per heavy atom. The van der Waals surface area contributed by atoms with Crippen LogP contribution in [0.25, 0.3) is 22.3 Å². The fraction of sp³-hybridized carbons (Fsp3) is 0.308. The number of rotatable bonds is 5. The topological polar surface area (TPSA) is 102 Å². The lowest BCUT2D eigenvalue weighted by Gasteiger charge is -2.33. The van der Waals surface area contributed by atoms with Crippen molar-refractivity contribution in [2.75, 3.05) is 43.0 Å². The van der Waals surface area contributed by atoms with E-state index in [1.807, 2.05) is 31.1 Å². The average molecular weight is 520 g/mol. The number of aryl methyl sites for hydroxylation is 1. The standard InChI is InChI=1S/C26H26FN7O2S/c1-4-18-24(32(3)25-30-22(20(15-28)37-25)16-5-7-17(27)8-6-16)23-19(31(18)2)9-10-21(29-23)33-11-13-34(14-12-33)26(35)36/h5-10H,4,11-14H2,1-3H3,(H,35,36). The van der Waals surface area contributed by atoms with E-state index >= 15 is 0 Å². The van der Waals surface area contributed by atoms with Gasteiger partial charge in [0.05, 0.1) is 11.2 Å². The van der Waals surface area contributed by atoms with Gasteiger partial charge in [-0.2, -0.15) is 5.26 Å². The van der Waals surface area contributed by atoms with Crippen molar-refractivity contribution in [3.63, 3.8) is 0 Å². The molecule has 1 aromatic carbocycles. The highest BCUT2D eigenvalue weighted by Crippen LogP contribution is 2.40. The quantitative estimate of drug-likeness (QED) is 0.403. The predicted molar refractivity (Wildman–Crippen MR) is 142 cm³/mol. The van der Waals surface area contributed by atoms with Gasteiger partial charge in [-0.25, -0.2) is 19.2 Å². The molecule has 0 saturated carbocycles. The number of thiazole rings is 1. The van der Waals surface area contributed by atoms with Gasteiger partial charge in [0.2, 0.25) is 0 Å². The summed E-state index contributed by atoms with van der Waals surface area (Å²) in [5.41, 5.74) is 4.99. The number of carboxylic acid groups (broad SMARTS) is 1. The van der Waals surface area contributed by atoms with Crippen LogP contribution in [-0.4, -0.2) is 63.9 Å². The zero-order valence-corrected chi connectivity index (χ0v) is 21.6. The highest BCUT2D eigenvalue weighted by Gasteiger charge is 2.26. The van der Waals surface area contributed by atoms with Gasteiger partial charge in [-0.15, -0.1) is 0 Å². The van der Waals surface area contributed by atoms with Crippen molar-refractivity contribution >= 4 is 45.1 Å². The molecule has 1 saturated heterocycles. The molecule has 4 aromatic rings. The molecule has 9 nitrogen and oxygen atoms in total. The summed E-state index contributed by atoms with van der Waals surface area (Å²) < 4.78 is 15.6. The molecule has 5 rings (SSSR count). The number of amides is 1. The first-order valence-electron chi connectivity index (χ1n) is 11.9. The highest BCUT2D eigenvalue weighted by atomic mass is 32.1. The van der Waals surface area contributed by atoms with Gasteiger partial charge in [-0.1, -0.05) is 18.3 Å². The second-order valence-corrected chi connectivity index (χ2v) is 9.83. The van der Waals surface area contributed by atoms with E-state index in [1.165, 1.54) is 28.4 Å². The molecule has 0 unspecified atom stereocenters. The molecule has 0 spiro atoms. The van der Waals surface area contributed by atoms with Crippen LogP contribution in [0.2, 0.25) is 0 Å². The molecule has 37 heavy (non-hydrogen) atoms. The van der Waals surface area contributed by atoms with Gasteiger partial charge in [-0.05, 0) is 42.8 Å². The van der Waals surface area contributed by atoms with Crippen molar-refractivity contribution in [2.24, 2.45) is 7.05 Å². The number of halogens is 1. The summed E-state index contributed by atoms with van der Waals surface area (Å²) in [6.07, 6.45) is -0.136. The van der Waals surface area contributed by atoms with Crippen molar-refractivity contribution < 1.29 is 14.3 Å². The maximum atomic E-state index is 13.5. The smallest absolute Gasteiger partial charge is 0.407 e. The van der Waals surface area contributed by atoms with E-state index < -0.39 is 6.09 Å². The number of pyridine rings is 1. The van der Waals surface area contributed by atoms with Crippen LogP contribution in [0.1, 0.15) is 17.5 Å². The van der Waals surface area contributed by atoms with Crippen LogP contribution in [0.4, 0.5) is 25.8 Å². The second kappa shape index (κ2) is 9.71. The molecule has 11 heteroatoms. The van der Waals surface area contributed by atoms with Gasteiger partial charge in [-0.3, -0.25) is 0 Å². The van der Waals surface area contributed by atoms with E-state index in [9.17, 15) is 19.6 Å². The molecule has 190 valence electrons. The molecule has 0 bridgehead atoms. The zero-order valence-electron chi connectivity index (χ0n) is 20.8. The third-order valence-corrected chi connectivity index (χ3v) is 7.83. The van der Waals surface area contributed by atoms with Gasteiger partial charge in [0.1, 0.15) is 33.8 Å². The second-order valence-electron chi connectivity index (χ2n) is 8.85. The third kappa shape index (κ3) is 4.34. The fourth-order valence-corrected chi connectivity index (χ4v) is 5.67. The molecule has 1 amide bonds. The summed E-state index contributed by atoms with van der Waals surface area (Å²) in [5.74, 6) is 0.453. The van der Waals surface area contributed by atoms with E-state index in [1.54, 1.807) is 12.1 Å². The van der Waals surface area contributed by atoms with Crippen LogP contribution in [-0.2, 0) is 13.5 Å². The maximum Gasteiger partial charge on any atom is 0.407 e. The van der Waals surface area contributed by atoms with Crippen molar-refractivity contribution in [3.05, 3.63) is 52.8 Å². The van der Waals surface area contributed by atoms with E-state index in [-0.39, 0.29) is 5.82 Å². The Morgan fingerprint density at radius 3 is 2.49 bits per heavy atom. The highest BCUT2D eigenvalue weighted by molar-refractivity contribution is 7.16.